The molecule has 0 saturated heterocycles. The van der Waals surface area contributed by atoms with Crippen molar-refractivity contribution < 1.29 is 9.84 Å². The third kappa shape index (κ3) is 2.70. The fourth-order valence-corrected chi connectivity index (χ4v) is 2.85. The minimum Gasteiger partial charge on any atom is -0.489 e. The smallest absolute Gasteiger partial charge is 0.125 e. The Bertz CT molecular complexity index is 617. The van der Waals surface area contributed by atoms with Gasteiger partial charge in [-0.2, -0.15) is 0 Å². The van der Waals surface area contributed by atoms with Gasteiger partial charge in [0.25, 0.3) is 0 Å². The van der Waals surface area contributed by atoms with Crippen molar-refractivity contribution in [3.05, 3.63) is 64.2 Å². The van der Waals surface area contributed by atoms with Gasteiger partial charge in [-0.15, -0.1) is 0 Å². The fourth-order valence-electron chi connectivity index (χ4n) is 2.85. The van der Waals surface area contributed by atoms with Crippen molar-refractivity contribution in [1.29, 1.82) is 0 Å². The molecule has 1 aliphatic carbocycles. The largest absolute Gasteiger partial charge is 0.489 e. The molecule has 0 spiro atoms. The number of aliphatic hydroxyl groups is 1. The van der Waals surface area contributed by atoms with E-state index in [2.05, 4.69) is 18.2 Å². The molecule has 0 bridgehead atoms. The maximum Gasteiger partial charge on any atom is 0.125 e. The maximum absolute atomic E-state index is 9.39. The lowest BCUT2D eigenvalue weighted by Gasteiger charge is -2.12. The van der Waals surface area contributed by atoms with Crippen molar-refractivity contribution >= 4 is 0 Å². The zero-order valence-corrected chi connectivity index (χ0v) is 11.9. The number of hydrogen-bond donors (Lipinski definition) is 1. The van der Waals surface area contributed by atoms with E-state index in [1.807, 2.05) is 25.1 Å². The second-order valence-electron chi connectivity index (χ2n) is 5.51. The molecule has 0 unspecified atom stereocenters. The summed E-state index contributed by atoms with van der Waals surface area (Å²) >= 11 is 0. The second-order valence-corrected chi connectivity index (χ2v) is 5.51. The summed E-state index contributed by atoms with van der Waals surface area (Å²) < 4.78 is 5.87. The summed E-state index contributed by atoms with van der Waals surface area (Å²) in [4.78, 5) is 0. The molecule has 0 fully saturated rings. The zero-order chi connectivity index (χ0) is 13.9. The Balaban J connectivity index is 1.73. The van der Waals surface area contributed by atoms with Crippen LogP contribution in [-0.2, 0) is 26.1 Å². The fraction of sp³-hybridized carbons (Fsp3) is 0.333. The third-order valence-corrected chi connectivity index (χ3v) is 3.94. The van der Waals surface area contributed by atoms with Crippen molar-refractivity contribution in [1.82, 2.24) is 0 Å². The van der Waals surface area contributed by atoms with Crippen molar-refractivity contribution in [2.24, 2.45) is 0 Å². The van der Waals surface area contributed by atoms with Crippen LogP contribution in [0.3, 0.4) is 0 Å². The van der Waals surface area contributed by atoms with Crippen LogP contribution in [0.1, 0.15) is 34.2 Å². The van der Waals surface area contributed by atoms with Crippen LogP contribution < -0.4 is 4.74 Å². The van der Waals surface area contributed by atoms with E-state index in [4.69, 9.17) is 4.74 Å². The molecule has 2 aromatic carbocycles. The van der Waals surface area contributed by atoms with Crippen LogP contribution in [0.25, 0.3) is 0 Å². The lowest BCUT2D eigenvalue weighted by molar-refractivity contribution is 0.259. The van der Waals surface area contributed by atoms with E-state index in [0.29, 0.717) is 6.61 Å². The first-order valence-corrected chi connectivity index (χ1v) is 7.20. The van der Waals surface area contributed by atoms with Crippen molar-refractivity contribution in [3.63, 3.8) is 0 Å². The van der Waals surface area contributed by atoms with Crippen molar-refractivity contribution in [2.75, 3.05) is 0 Å². The molecule has 0 saturated carbocycles. The maximum atomic E-state index is 9.39. The standard InChI is InChI=1S/C18H20O2/c1-13-5-8-18(17(9-13)11-19)20-12-14-6-7-15-3-2-4-16(15)10-14/h5-10,19H,2-4,11-12H2,1H3. The molecule has 0 amide bonds. The quantitative estimate of drug-likeness (QED) is 0.918. The number of aliphatic hydroxyl groups excluding tert-OH is 1. The van der Waals surface area contributed by atoms with Crippen LogP contribution in [0.15, 0.2) is 36.4 Å². The molecule has 104 valence electrons. The number of aryl methyl sites for hydroxylation is 3. The summed E-state index contributed by atoms with van der Waals surface area (Å²) in [5.74, 6) is 0.776. The van der Waals surface area contributed by atoms with Crippen LogP contribution >= 0.6 is 0 Å². The van der Waals surface area contributed by atoms with Gasteiger partial charge in [-0.05, 0) is 48.9 Å². The molecular weight excluding hydrogens is 248 g/mol. The highest BCUT2D eigenvalue weighted by Gasteiger charge is 2.11. The van der Waals surface area contributed by atoms with Crippen LogP contribution in [0.5, 0.6) is 5.75 Å². The van der Waals surface area contributed by atoms with Crippen LogP contribution in [0.2, 0.25) is 0 Å². The van der Waals surface area contributed by atoms with Crippen LogP contribution in [-0.4, -0.2) is 5.11 Å². The van der Waals surface area contributed by atoms with Gasteiger partial charge in [-0.3, -0.25) is 0 Å². The highest BCUT2D eigenvalue weighted by Crippen LogP contribution is 2.25. The molecule has 0 aliphatic heterocycles. The van der Waals surface area contributed by atoms with Crippen LogP contribution in [0.4, 0.5) is 0 Å². The van der Waals surface area contributed by atoms with Gasteiger partial charge >= 0.3 is 0 Å². The second kappa shape index (κ2) is 5.68. The summed E-state index contributed by atoms with van der Waals surface area (Å²) in [5.41, 5.74) is 6.15. The van der Waals surface area contributed by atoms with Gasteiger partial charge in [0, 0.05) is 5.56 Å². The van der Waals surface area contributed by atoms with Gasteiger partial charge in [0.1, 0.15) is 12.4 Å². The third-order valence-electron chi connectivity index (χ3n) is 3.94. The average Bonchev–Trinajstić information content (AvgIpc) is 2.93. The average molecular weight is 268 g/mol. The van der Waals surface area contributed by atoms with Crippen molar-refractivity contribution in [2.45, 2.75) is 39.4 Å². The summed E-state index contributed by atoms with van der Waals surface area (Å²) in [5, 5.41) is 9.39. The minimum atomic E-state index is 0.0151. The molecule has 2 nitrogen and oxygen atoms in total. The SMILES string of the molecule is Cc1ccc(OCc2ccc3c(c2)CCC3)c(CO)c1. The predicted octanol–water partition coefficient (Wildman–Crippen LogP) is 3.56. The number of ether oxygens (including phenoxy) is 1. The van der Waals surface area contributed by atoms with E-state index in [0.717, 1.165) is 16.9 Å². The topological polar surface area (TPSA) is 29.5 Å². The molecular formula is C18H20O2. The molecule has 2 heteroatoms. The van der Waals surface area contributed by atoms with Gasteiger partial charge in [0.2, 0.25) is 0 Å². The number of hydrogen-bond acceptors (Lipinski definition) is 2. The molecule has 3 rings (SSSR count). The Morgan fingerprint density at radius 1 is 1.05 bits per heavy atom. The predicted molar refractivity (Wildman–Crippen MR) is 79.9 cm³/mol. The lowest BCUT2D eigenvalue weighted by atomic mass is 10.1. The molecule has 0 radical (unpaired) electrons. The van der Waals surface area contributed by atoms with Crippen molar-refractivity contribution in [3.8, 4) is 5.75 Å². The number of benzene rings is 2. The minimum absolute atomic E-state index is 0.0151. The molecule has 1 aliphatic rings. The Kier molecular flexibility index (Phi) is 3.75. The van der Waals surface area contributed by atoms with E-state index in [-0.39, 0.29) is 6.61 Å². The highest BCUT2D eigenvalue weighted by molar-refractivity contribution is 5.38. The Hall–Kier alpha value is -1.80. The van der Waals surface area contributed by atoms with Gasteiger partial charge in [-0.25, -0.2) is 0 Å². The Labute approximate surface area is 120 Å². The van der Waals surface area contributed by atoms with Gasteiger partial charge in [0.05, 0.1) is 6.61 Å². The summed E-state index contributed by atoms with van der Waals surface area (Å²) in [6.07, 6.45) is 3.67. The number of rotatable bonds is 4. The van der Waals surface area contributed by atoms with Gasteiger partial charge in [0.15, 0.2) is 0 Å². The molecule has 20 heavy (non-hydrogen) atoms. The summed E-state index contributed by atoms with van der Waals surface area (Å²) in [7, 11) is 0. The first kappa shape index (κ1) is 13.2. The molecule has 2 aromatic rings. The summed E-state index contributed by atoms with van der Waals surface area (Å²) in [6, 6.07) is 12.6. The van der Waals surface area contributed by atoms with E-state index >= 15 is 0 Å². The number of fused-ring (bicyclic) bond motifs is 1. The first-order valence-electron chi connectivity index (χ1n) is 7.20. The molecule has 0 atom stereocenters. The van der Waals surface area contributed by atoms with Crippen LogP contribution in [0, 0.1) is 6.92 Å². The van der Waals surface area contributed by atoms with E-state index in [1.54, 1.807) is 0 Å². The first-order chi connectivity index (χ1) is 9.76. The van der Waals surface area contributed by atoms with E-state index in [1.165, 1.54) is 36.0 Å². The molecule has 1 N–H and O–H groups in total. The lowest BCUT2D eigenvalue weighted by Crippen LogP contribution is -2.00. The highest BCUT2D eigenvalue weighted by atomic mass is 16.5. The molecule has 0 aromatic heterocycles. The van der Waals surface area contributed by atoms with Gasteiger partial charge in [-0.1, -0.05) is 35.9 Å². The summed E-state index contributed by atoms with van der Waals surface area (Å²) in [6.45, 7) is 2.59. The van der Waals surface area contributed by atoms with E-state index in [9.17, 15) is 5.11 Å². The van der Waals surface area contributed by atoms with E-state index < -0.39 is 0 Å². The Morgan fingerprint density at radius 2 is 1.90 bits per heavy atom. The normalized spacial score (nSPS) is 13.3. The Morgan fingerprint density at radius 3 is 2.75 bits per heavy atom. The van der Waals surface area contributed by atoms with Gasteiger partial charge < -0.3 is 9.84 Å². The molecule has 0 heterocycles. The zero-order valence-electron chi connectivity index (χ0n) is 11.9. The monoisotopic (exact) mass is 268 g/mol.